The van der Waals surface area contributed by atoms with E-state index in [0.29, 0.717) is 24.2 Å². The second-order valence-corrected chi connectivity index (χ2v) is 9.03. The van der Waals surface area contributed by atoms with Crippen molar-refractivity contribution in [1.82, 2.24) is 4.31 Å². The zero-order valence-corrected chi connectivity index (χ0v) is 19.8. The Labute approximate surface area is 201 Å². The highest BCUT2D eigenvalue weighted by atomic mass is 32.2. The Hall–Kier alpha value is -3.16. The van der Waals surface area contributed by atoms with Gasteiger partial charge in [0.05, 0.1) is 6.61 Å². The molecule has 0 fully saturated rings. The number of hydrogen-bond acceptors (Lipinski definition) is 5. The first-order valence-electron chi connectivity index (χ1n) is 11.1. The molecule has 1 heterocycles. The maximum Gasteiger partial charge on any atom is 0.374 e. The second-order valence-electron chi connectivity index (χ2n) is 7.86. The molecule has 0 unspecified atom stereocenters. The van der Waals surface area contributed by atoms with Crippen LogP contribution in [0.5, 0.6) is 0 Å². The molecule has 0 aliphatic carbocycles. The van der Waals surface area contributed by atoms with Gasteiger partial charge in [-0.25, -0.2) is 17.9 Å². The van der Waals surface area contributed by atoms with Crippen molar-refractivity contribution in [1.29, 1.82) is 0 Å². The molecule has 0 amide bonds. The fraction of sp³-hybridized carbons (Fsp3) is 0.222. The van der Waals surface area contributed by atoms with E-state index in [1.807, 2.05) is 47.6 Å². The summed E-state index contributed by atoms with van der Waals surface area (Å²) < 4.78 is 40.6. The van der Waals surface area contributed by atoms with Gasteiger partial charge in [-0.2, -0.15) is 0 Å². The van der Waals surface area contributed by atoms with E-state index in [1.54, 1.807) is 6.92 Å². The monoisotopic (exact) mass is 481 g/mol. The number of nitrogens with zero attached hydrogens (tertiary/aromatic N) is 1. The molecule has 0 aliphatic rings. The number of aryl methyl sites for hydroxylation is 1. The van der Waals surface area contributed by atoms with Gasteiger partial charge in [0, 0.05) is 40.6 Å². The van der Waals surface area contributed by atoms with Gasteiger partial charge in [0.15, 0.2) is 0 Å². The van der Waals surface area contributed by atoms with Crippen LogP contribution in [0.25, 0.3) is 11.0 Å². The lowest BCUT2D eigenvalue weighted by molar-refractivity contribution is 0.0491. The van der Waals surface area contributed by atoms with Crippen LogP contribution in [0.3, 0.4) is 0 Å². The number of ether oxygens (including phenoxy) is 1. The van der Waals surface area contributed by atoms with E-state index in [-0.39, 0.29) is 12.4 Å². The Balaban J connectivity index is 1.58. The number of esters is 1. The molecule has 7 heteroatoms. The third-order valence-electron chi connectivity index (χ3n) is 5.46. The minimum absolute atomic E-state index is 0.202. The second kappa shape index (κ2) is 10.8. The molecule has 0 N–H and O–H groups in total. The van der Waals surface area contributed by atoms with Crippen molar-refractivity contribution < 1.29 is 22.7 Å². The largest absolute Gasteiger partial charge is 0.460 e. The smallest absolute Gasteiger partial charge is 0.374 e. The Morgan fingerprint density at radius 3 is 2.59 bits per heavy atom. The minimum Gasteiger partial charge on any atom is -0.460 e. The van der Waals surface area contributed by atoms with Crippen LogP contribution in [0.15, 0.2) is 76.0 Å². The third kappa shape index (κ3) is 5.66. The molecule has 0 aliphatic heterocycles. The minimum atomic E-state index is -0.594. The van der Waals surface area contributed by atoms with Gasteiger partial charge in [0.2, 0.25) is 5.76 Å². The lowest BCUT2D eigenvalue weighted by Crippen LogP contribution is -2.19. The molecular weight excluding hydrogens is 456 g/mol. The van der Waals surface area contributed by atoms with Crippen LogP contribution in [0, 0.1) is 18.6 Å². The van der Waals surface area contributed by atoms with Crippen LogP contribution >= 0.6 is 11.9 Å². The fourth-order valence-electron chi connectivity index (χ4n) is 3.69. The van der Waals surface area contributed by atoms with Gasteiger partial charge >= 0.3 is 5.97 Å². The van der Waals surface area contributed by atoms with E-state index >= 15 is 0 Å². The van der Waals surface area contributed by atoms with E-state index in [9.17, 15) is 13.6 Å². The van der Waals surface area contributed by atoms with Crippen molar-refractivity contribution in [3.63, 3.8) is 0 Å². The number of furan rings is 1. The first-order chi connectivity index (χ1) is 16.4. The van der Waals surface area contributed by atoms with Gasteiger partial charge in [0.1, 0.15) is 17.2 Å². The Morgan fingerprint density at radius 1 is 1.06 bits per heavy atom. The maximum atomic E-state index is 14.4. The van der Waals surface area contributed by atoms with Crippen molar-refractivity contribution in [2.24, 2.45) is 0 Å². The summed E-state index contributed by atoms with van der Waals surface area (Å²) in [6.45, 7) is 4.81. The molecular formula is C27H25F2NO3S. The van der Waals surface area contributed by atoms with Crippen molar-refractivity contribution in [3.05, 3.63) is 101 Å². The number of hydrogen-bond donors (Lipinski definition) is 0. The van der Waals surface area contributed by atoms with E-state index < -0.39 is 17.6 Å². The van der Waals surface area contributed by atoms with Crippen molar-refractivity contribution in [2.75, 3.05) is 13.2 Å². The van der Waals surface area contributed by atoms with E-state index in [4.69, 9.17) is 9.15 Å². The Bertz CT molecular complexity index is 1290. The average Bonchev–Trinajstić information content (AvgIpc) is 3.16. The number of halogens is 2. The van der Waals surface area contributed by atoms with E-state index in [2.05, 4.69) is 12.1 Å². The van der Waals surface area contributed by atoms with Crippen molar-refractivity contribution >= 4 is 28.9 Å². The van der Waals surface area contributed by atoms with Crippen LogP contribution in [-0.2, 0) is 17.7 Å². The summed E-state index contributed by atoms with van der Waals surface area (Å²) in [7, 11) is 0. The van der Waals surface area contributed by atoms with Crippen LogP contribution in [-0.4, -0.2) is 23.4 Å². The molecule has 0 saturated heterocycles. The Kier molecular flexibility index (Phi) is 7.65. The summed E-state index contributed by atoms with van der Waals surface area (Å²) in [6.07, 6.45) is 0.774. The summed E-state index contributed by atoms with van der Waals surface area (Å²) in [5.41, 5.74) is 2.92. The van der Waals surface area contributed by atoms with Gasteiger partial charge < -0.3 is 9.15 Å². The summed E-state index contributed by atoms with van der Waals surface area (Å²) in [5.74, 6) is -1.44. The number of fused-ring (bicyclic) bond motifs is 1. The first kappa shape index (κ1) is 24.0. The first-order valence-corrected chi connectivity index (χ1v) is 11.8. The molecule has 0 saturated carbocycles. The lowest BCUT2D eigenvalue weighted by atomic mass is 10.1. The molecule has 4 nitrogen and oxygen atoms in total. The molecule has 3 aromatic carbocycles. The quantitative estimate of drug-likeness (QED) is 0.191. The molecule has 0 atom stereocenters. The van der Waals surface area contributed by atoms with Crippen LogP contribution in [0.2, 0.25) is 0 Å². The zero-order chi connectivity index (χ0) is 24.1. The Morgan fingerprint density at radius 2 is 1.85 bits per heavy atom. The summed E-state index contributed by atoms with van der Waals surface area (Å²) in [5, 5.41) is 0.823. The summed E-state index contributed by atoms with van der Waals surface area (Å²) in [6, 6.07) is 19.4. The molecule has 176 valence electrons. The van der Waals surface area contributed by atoms with Gasteiger partial charge in [0.25, 0.3) is 0 Å². The topological polar surface area (TPSA) is 42.7 Å². The molecule has 0 bridgehead atoms. The number of carbonyl (C=O) groups is 1. The highest BCUT2D eigenvalue weighted by molar-refractivity contribution is 7.97. The number of benzene rings is 3. The van der Waals surface area contributed by atoms with Gasteiger partial charge in [-0.05, 0) is 62.0 Å². The zero-order valence-electron chi connectivity index (χ0n) is 19.0. The molecule has 1 aromatic heterocycles. The third-order valence-corrected chi connectivity index (χ3v) is 6.49. The van der Waals surface area contributed by atoms with Gasteiger partial charge in [-0.1, -0.05) is 36.4 Å². The molecule has 4 rings (SSSR count). The maximum absolute atomic E-state index is 14.4. The standard InChI is InChI=1S/C27H25F2NO3S/c1-3-32-27(31)26-18(2)23-16-22(11-12-25(23)33-26)34-30(14-13-19-7-5-4-6-8-19)17-20-9-10-21(28)15-24(20)29/h4-12,15-16H,3,13-14,17H2,1-2H3. The molecule has 34 heavy (non-hydrogen) atoms. The average molecular weight is 482 g/mol. The van der Waals surface area contributed by atoms with Crippen LogP contribution in [0.1, 0.15) is 34.2 Å². The van der Waals surface area contributed by atoms with Crippen LogP contribution in [0.4, 0.5) is 8.78 Å². The normalized spacial score (nSPS) is 11.3. The molecule has 0 radical (unpaired) electrons. The lowest BCUT2D eigenvalue weighted by Gasteiger charge is -2.22. The van der Waals surface area contributed by atoms with E-state index in [0.717, 1.165) is 28.3 Å². The number of carbonyl (C=O) groups excluding carboxylic acids is 1. The summed E-state index contributed by atoms with van der Waals surface area (Å²) >= 11 is 1.48. The molecule has 4 aromatic rings. The SMILES string of the molecule is CCOC(=O)c1oc2ccc(SN(CCc3ccccc3)Cc3ccc(F)cc3F)cc2c1C. The van der Waals surface area contributed by atoms with Gasteiger partial charge in [-0.3, -0.25) is 0 Å². The van der Waals surface area contributed by atoms with Crippen molar-refractivity contribution in [2.45, 2.75) is 31.7 Å². The highest BCUT2D eigenvalue weighted by Crippen LogP contribution is 2.32. The van der Waals surface area contributed by atoms with Crippen molar-refractivity contribution in [3.8, 4) is 0 Å². The molecule has 0 spiro atoms. The van der Waals surface area contributed by atoms with E-state index in [1.165, 1.54) is 29.6 Å². The van der Waals surface area contributed by atoms with Gasteiger partial charge in [-0.15, -0.1) is 0 Å². The van der Waals surface area contributed by atoms with Crippen LogP contribution < -0.4 is 0 Å². The predicted octanol–water partition coefficient (Wildman–Crippen LogP) is 6.95. The number of rotatable bonds is 9. The predicted molar refractivity (Wildman–Crippen MR) is 130 cm³/mol. The highest BCUT2D eigenvalue weighted by Gasteiger charge is 2.20. The summed E-state index contributed by atoms with van der Waals surface area (Å²) in [4.78, 5) is 13.1. The fourth-order valence-corrected chi connectivity index (χ4v) is 4.68.